The van der Waals surface area contributed by atoms with E-state index in [0.717, 1.165) is 6.54 Å². The number of hydrogen-bond donors (Lipinski definition) is 1. The molecule has 3 rings (SSSR count). The van der Waals surface area contributed by atoms with Crippen LogP contribution >= 0.6 is 0 Å². The summed E-state index contributed by atoms with van der Waals surface area (Å²) in [6, 6.07) is 6.79. The third-order valence-corrected chi connectivity index (χ3v) is 4.24. The second-order valence-corrected chi connectivity index (χ2v) is 5.76. The lowest BCUT2D eigenvalue weighted by atomic mass is 9.86. The van der Waals surface area contributed by atoms with Crippen LogP contribution in [0.2, 0.25) is 0 Å². The van der Waals surface area contributed by atoms with Crippen LogP contribution in [0.3, 0.4) is 0 Å². The summed E-state index contributed by atoms with van der Waals surface area (Å²) >= 11 is 0. The van der Waals surface area contributed by atoms with Crippen molar-refractivity contribution in [3.8, 4) is 0 Å². The highest BCUT2D eigenvalue weighted by molar-refractivity contribution is 5.85. The molecule has 0 bridgehead atoms. The highest BCUT2D eigenvalue weighted by Gasteiger charge is 2.19. The van der Waals surface area contributed by atoms with Gasteiger partial charge in [-0.05, 0) is 42.0 Å². The molecule has 1 aromatic heterocycles. The summed E-state index contributed by atoms with van der Waals surface area (Å²) in [6.07, 6.45) is 4.59. The van der Waals surface area contributed by atoms with Crippen molar-refractivity contribution >= 4 is 10.9 Å². The van der Waals surface area contributed by atoms with Crippen LogP contribution in [0, 0.1) is 5.92 Å². The quantitative estimate of drug-likeness (QED) is 0.879. The maximum Gasteiger partial charge on any atom is 0.0513 e. The summed E-state index contributed by atoms with van der Waals surface area (Å²) in [5.74, 6) is 0.737. The summed E-state index contributed by atoms with van der Waals surface area (Å²) < 4.78 is 2.36. The van der Waals surface area contributed by atoms with Crippen LogP contribution in [-0.4, -0.2) is 16.3 Å². The molecule has 0 saturated heterocycles. The molecule has 2 nitrogen and oxygen atoms in total. The van der Waals surface area contributed by atoms with Crippen LogP contribution in [0.1, 0.15) is 37.3 Å². The monoisotopic (exact) mass is 243 g/mol. The summed E-state index contributed by atoms with van der Waals surface area (Å²) in [7, 11) is 0. The molecule has 0 fully saturated rings. The lowest BCUT2D eigenvalue weighted by molar-refractivity contribution is 0.237. The molecule has 0 amide bonds. The first kappa shape index (κ1) is 11.8. The highest BCUT2D eigenvalue weighted by Crippen LogP contribution is 2.32. The van der Waals surface area contributed by atoms with Crippen molar-refractivity contribution < 1.29 is 5.11 Å². The molecule has 1 aliphatic heterocycles. The van der Waals surface area contributed by atoms with E-state index < -0.39 is 0 Å². The van der Waals surface area contributed by atoms with Gasteiger partial charge in [0.2, 0.25) is 0 Å². The van der Waals surface area contributed by atoms with Gasteiger partial charge in [-0.3, -0.25) is 0 Å². The topological polar surface area (TPSA) is 25.2 Å². The Morgan fingerprint density at radius 3 is 2.89 bits per heavy atom. The van der Waals surface area contributed by atoms with Gasteiger partial charge < -0.3 is 9.67 Å². The number of aliphatic hydroxyl groups is 1. The lowest BCUT2D eigenvalue weighted by Crippen LogP contribution is -2.13. The van der Waals surface area contributed by atoms with Gasteiger partial charge in [0.25, 0.3) is 0 Å². The molecule has 0 radical (unpaired) electrons. The van der Waals surface area contributed by atoms with Crippen molar-refractivity contribution in [2.24, 2.45) is 5.92 Å². The minimum Gasteiger partial charge on any atom is -0.396 e. The van der Waals surface area contributed by atoms with E-state index in [0.29, 0.717) is 5.92 Å². The van der Waals surface area contributed by atoms with Gasteiger partial charge in [0, 0.05) is 24.0 Å². The summed E-state index contributed by atoms with van der Waals surface area (Å²) in [5, 5.41) is 10.9. The van der Waals surface area contributed by atoms with Gasteiger partial charge in [0.15, 0.2) is 0 Å². The van der Waals surface area contributed by atoms with E-state index in [-0.39, 0.29) is 12.5 Å². The Hall–Kier alpha value is -1.28. The first-order chi connectivity index (χ1) is 8.70. The number of nitrogens with zero attached hydrogens (tertiary/aromatic N) is 1. The molecule has 96 valence electrons. The van der Waals surface area contributed by atoms with Gasteiger partial charge >= 0.3 is 0 Å². The van der Waals surface area contributed by atoms with Gasteiger partial charge in [-0.1, -0.05) is 19.9 Å². The standard InChI is InChI=1S/C16H21NO/c1-11(2)15(10-18)14-8-12-4-3-6-17-7-5-13(9-14)16(12)17/h5,7-9,11,15,18H,3-4,6,10H2,1-2H3. The predicted molar refractivity (Wildman–Crippen MR) is 74.9 cm³/mol. The Labute approximate surface area is 108 Å². The third-order valence-electron chi connectivity index (χ3n) is 4.24. The van der Waals surface area contributed by atoms with E-state index >= 15 is 0 Å². The summed E-state index contributed by atoms with van der Waals surface area (Å²) in [5.41, 5.74) is 4.16. The van der Waals surface area contributed by atoms with Gasteiger partial charge in [0.1, 0.15) is 0 Å². The van der Waals surface area contributed by atoms with Crippen LogP contribution in [0.25, 0.3) is 10.9 Å². The van der Waals surface area contributed by atoms with Crippen molar-refractivity contribution in [1.29, 1.82) is 0 Å². The second kappa shape index (κ2) is 4.43. The molecule has 1 unspecified atom stereocenters. The van der Waals surface area contributed by atoms with E-state index in [9.17, 15) is 5.11 Å². The van der Waals surface area contributed by atoms with Crippen molar-refractivity contribution in [3.05, 3.63) is 35.5 Å². The third kappa shape index (κ3) is 1.76. The fraction of sp³-hybridized carbons (Fsp3) is 0.500. The first-order valence-corrected chi connectivity index (χ1v) is 6.93. The van der Waals surface area contributed by atoms with Crippen LogP contribution in [-0.2, 0) is 13.0 Å². The van der Waals surface area contributed by atoms with Crippen LogP contribution < -0.4 is 0 Å². The molecule has 2 heterocycles. The minimum absolute atomic E-state index is 0.239. The van der Waals surface area contributed by atoms with Crippen molar-refractivity contribution in [2.45, 2.75) is 39.2 Å². The summed E-state index contributed by atoms with van der Waals surface area (Å²) in [6.45, 7) is 5.75. The van der Waals surface area contributed by atoms with Crippen LogP contribution in [0.15, 0.2) is 24.4 Å². The van der Waals surface area contributed by atoms with E-state index in [1.807, 2.05) is 0 Å². The fourth-order valence-electron chi connectivity index (χ4n) is 3.20. The first-order valence-electron chi connectivity index (χ1n) is 6.93. The van der Waals surface area contributed by atoms with Crippen molar-refractivity contribution in [2.75, 3.05) is 6.61 Å². The molecule has 2 heteroatoms. The lowest BCUT2D eigenvalue weighted by Gasteiger charge is -2.22. The SMILES string of the molecule is CC(C)C(CO)c1cc2c3c(ccn3CCC2)c1. The molecule has 1 atom stereocenters. The summed E-state index contributed by atoms with van der Waals surface area (Å²) in [4.78, 5) is 0. The van der Waals surface area contributed by atoms with E-state index in [1.54, 1.807) is 0 Å². The Kier molecular flexibility index (Phi) is 2.90. The number of aliphatic hydroxyl groups excluding tert-OH is 1. The molecular weight excluding hydrogens is 222 g/mol. The molecule has 0 aliphatic carbocycles. The van der Waals surface area contributed by atoms with Crippen LogP contribution in [0.5, 0.6) is 0 Å². The molecule has 18 heavy (non-hydrogen) atoms. The largest absolute Gasteiger partial charge is 0.396 e. The Balaban J connectivity index is 2.15. The number of benzene rings is 1. The zero-order valence-electron chi connectivity index (χ0n) is 11.2. The number of aromatic nitrogens is 1. The second-order valence-electron chi connectivity index (χ2n) is 5.76. The maximum atomic E-state index is 9.60. The molecule has 1 aliphatic rings. The van der Waals surface area contributed by atoms with E-state index in [2.05, 4.69) is 42.8 Å². The van der Waals surface area contributed by atoms with E-state index in [4.69, 9.17) is 0 Å². The average Bonchev–Trinajstić information content (AvgIpc) is 2.75. The van der Waals surface area contributed by atoms with Gasteiger partial charge in [-0.25, -0.2) is 0 Å². The van der Waals surface area contributed by atoms with Crippen molar-refractivity contribution in [3.63, 3.8) is 0 Å². The van der Waals surface area contributed by atoms with Crippen molar-refractivity contribution in [1.82, 2.24) is 4.57 Å². The van der Waals surface area contributed by atoms with Gasteiger partial charge in [-0.15, -0.1) is 0 Å². The number of rotatable bonds is 3. The van der Waals surface area contributed by atoms with E-state index in [1.165, 1.54) is 34.9 Å². The smallest absolute Gasteiger partial charge is 0.0513 e. The maximum absolute atomic E-state index is 9.60. The Morgan fingerprint density at radius 2 is 2.17 bits per heavy atom. The Morgan fingerprint density at radius 1 is 1.33 bits per heavy atom. The molecule has 0 spiro atoms. The zero-order chi connectivity index (χ0) is 12.7. The predicted octanol–water partition coefficient (Wildman–Crippen LogP) is 3.32. The molecule has 1 aromatic carbocycles. The fourth-order valence-corrected chi connectivity index (χ4v) is 3.20. The molecule has 0 saturated carbocycles. The molecule has 1 N–H and O–H groups in total. The van der Waals surface area contributed by atoms with Gasteiger partial charge in [0.05, 0.1) is 12.1 Å². The number of hydrogen-bond acceptors (Lipinski definition) is 1. The molecule has 2 aromatic rings. The normalized spacial score (nSPS) is 16.4. The zero-order valence-corrected chi connectivity index (χ0v) is 11.2. The van der Waals surface area contributed by atoms with Gasteiger partial charge in [-0.2, -0.15) is 0 Å². The minimum atomic E-state index is 0.239. The number of aryl methyl sites for hydroxylation is 2. The average molecular weight is 243 g/mol. The molecular formula is C16H21NO. The Bertz CT molecular complexity index is 568. The van der Waals surface area contributed by atoms with Crippen LogP contribution in [0.4, 0.5) is 0 Å². The highest BCUT2D eigenvalue weighted by atomic mass is 16.3.